The molecule has 2 rings (SSSR count). The lowest BCUT2D eigenvalue weighted by Gasteiger charge is -2.02. The van der Waals surface area contributed by atoms with Crippen LogP contribution in [0.15, 0.2) is 41.5 Å². The van der Waals surface area contributed by atoms with Gasteiger partial charge in [-0.2, -0.15) is 5.10 Å². The number of rotatable bonds is 3. The average molecular weight is 346 g/mol. The van der Waals surface area contributed by atoms with Crippen LogP contribution >= 0.6 is 34.8 Å². The largest absolute Gasteiger partial charge is 0.271 e. The van der Waals surface area contributed by atoms with E-state index in [4.69, 9.17) is 34.8 Å². The first-order valence-electron chi connectivity index (χ1n) is 5.71. The Morgan fingerprint density at radius 2 is 1.86 bits per heavy atom. The van der Waals surface area contributed by atoms with Crippen molar-refractivity contribution in [1.82, 2.24) is 5.43 Å². The molecule has 0 fully saturated rings. The second-order valence-electron chi connectivity index (χ2n) is 3.96. The van der Waals surface area contributed by atoms with Gasteiger partial charge in [-0.05, 0) is 30.3 Å². The minimum absolute atomic E-state index is 0.0913. The van der Waals surface area contributed by atoms with Crippen LogP contribution in [0.5, 0.6) is 0 Å². The van der Waals surface area contributed by atoms with Crippen LogP contribution in [0.25, 0.3) is 0 Å². The molecule has 0 unspecified atom stereocenters. The normalized spacial score (nSPS) is 10.9. The van der Waals surface area contributed by atoms with Gasteiger partial charge in [-0.1, -0.05) is 40.9 Å². The van der Waals surface area contributed by atoms with Gasteiger partial charge in [0.2, 0.25) is 0 Å². The third-order valence-electron chi connectivity index (χ3n) is 2.54. The molecule has 21 heavy (non-hydrogen) atoms. The van der Waals surface area contributed by atoms with Crippen LogP contribution in [0.2, 0.25) is 15.1 Å². The molecule has 1 N–H and O–H groups in total. The number of carbonyl (C=O) groups excluding carboxylic acids is 1. The third kappa shape index (κ3) is 3.94. The molecule has 0 radical (unpaired) electrons. The van der Waals surface area contributed by atoms with E-state index >= 15 is 0 Å². The van der Waals surface area contributed by atoms with Gasteiger partial charge >= 0.3 is 0 Å². The highest BCUT2D eigenvalue weighted by atomic mass is 35.5. The van der Waals surface area contributed by atoms with Gasteiger partial charge in [0.15, 0.2) is 0 Å². The van der Waals surface area contributed by atoms with Crippen molar-refractivity contribution in [3.8, 4) is 0 Å². The lowest BCUT2D eigenvalue weighted by Crippen LogP contribution is -2.17. The minimum atomic E-state index is -0.532. The van der Waals surface area contributed by atoms with Crippen LogP contribution in [0.3, 0.4) is 0 Å². The zero-order chi connectivity index (χ0) is 15.4. The summed E-state index contributed by atoms with van der Waals surface area (Å²) in [5, 5.41) is 4.46. The quantitative estimate of drug-likeness (QED) is 0.643. The molecule has 0 heterocycles. The van der Waals surface area contributed by atoms with Crippen LogP contribution < -0.4 is 5.43 Å². The number of hydrazone groups is 1. The summed E-state index contributed by atoms with van der Waals surface area (Å²) in [5.74, 6) is -1.03. The maximum absolute atomic E-state index is 13.5. The van der Waals surface area contributed by atoms with E-state index in [0.717, 1.165) is 6.21 Å². The van der Waals surface area contributed by atoms with Crippen molar-refractivity contribution in [2.24, 2.45) is 5.10 Å². The third-order valence-corrected chi connectivity index (χ3v) is 3.61. The van der Waals surface area contributed by atoms with E-state index in [-0.39, 0.29) is 21.2 Å². The van der Waals surface area contributed by atoms with Gasteiger partial charge in [-0.15, -0.1) is 0 Å². The SMILES string of the molecule is O=C(N/N=C/c1c(F)cccc1Cl)c1ccc(Cl)c(Cl)c1. The van der Waals surface area contributed by atoms with E-state index in [9.17, 15) is 9.18 Å². The minimum Gasteiger partial charge on any atom is -0.267 e. The maximum atomic E-state index is 13.5. The molecule has 7 heteroatoms. The molecule has 0 spiro atoms. The lowest BCUT2D eigenvalue weighted by molar-refractivity contribution is 0.0955. The van der Waals surface area contributed by atoms with E-state index < -0.39 is 11.7 Å². The summed E-state index contributed by atoms with van der Waals surface area (Å²) in [5.41, 5.74) is 2.62. The van der Waals surface area contributed by atoms with E-state index in [0.29, 0.717) is 5.02 Å². The molecular weight excluding hydrogens is 338 g/mol. The van der Waals surface area contributed by atoms with Crippen molar-refractivity contribution in [2.75, 3.05) is 0 Å². The Morgan fingerprint density at radius 1 is 1.10 bits per heavy atom. The van der Waals surface area contributed by atoms with Crippen LogP contribution in [0, 0.1) is 5.82 Å². The highest BCUT2D eigenvalue weighted by Gasteiger charge is 2.08. The number of halogens is 4. The summed E-state index contributed by atoms with van der Waals surface area (Å²) in [6.07, 6.45) is 1.13. The van der Waals surface area contributed by atoms with Crippen molar-refractivity contribution in [3.05, 3.63) is 68.4 Å². The van der Waals surface area contributed by atoms with Crippen LogP contribution in [0.1, 0.15) is 15.9 Å². The summed E-state index contributed by atoms with van der Waals surface area (Å²) < 4.78 is 13.5. The molecule has 0 aliphatic carbocycles. The molecule has 0 saturated carbocycles. The number of benzene rings is 2. The topological polar surface area (TPSA) is 41.5 Å². The Morgan fingerprint density at radius 3 is 2.52 bits per heavy atom. The zero-order valence-electron chi connectivity index (χ0n) is 10.4. The monoisotopic (exact) mass is 344 g/mol. The fourth-order valence-corrected chi connectivity index (χ4v) is 2.00. The van der Waals surface area contributed by atoms with Gasteiger partial charge in [0.25, 0.3) is 5.91 Å². The van der Waals surface area contributed by atoms with Crippen LogP contribution in [0.4, 0.5) is 4.39 Å². The number of carbonyl (C=O) groups is 1. The Kier molecular flexibility index (Phi) is 5.17. The van der Waals surface area contributed by atoms with Crippen LogP contribution in [-0.4, -0.2) is 12.1 Å². The molecule has 1 amide bonds. The summed E-state index contributed by atoms with van der Waals surface area (Å²) in [6, 6.07) is 8.64. The van der Waals surface area contributed by atoms with Gasteiger partial charge in [-0.25, -0.2) is 9.82 Å². The first-order chi connectivity index (χ1) is 9.99. The fraction of sp³-hybridized carbons (Fsp3) is 0. The molecule has 0 bridgehead atoms. The molecule has 0 atom stereocenters. The second kappa shape index (κ2) is 6.89. The average Bonchev–Trinajstić information content (AvgIpc) is 2.45. The van der Waals surface area contributed by atoms with Gasteiger partial charge in [0.1, 0.15) is 5.82 Å². The Balaban J connectivity index is 2.10. The summed E-state index contributed by atoms with van der Waals surface area (Å²) in [4.78, 5) is 11.8. The van der Waals surface area contributed by atoms with Crippen molar-refractivity contribution in [3.63, 3.8) is 0 Å². The number of hydrogen-bond acceptors (Lipinski definition) is 2. The van der Waals surface area contributed by atoms with Crippen molar-refractivity contribution in [1.29, 1.82) is 0 Å². The zero-order valence-corrected chi connectivity index (χ0v) is 12.7. The Hall–Kier alpha value is -1.62. The molecule has 108 valence electrons. The first kappa shape index (κ1) is 15.8. The van der Waals surface area contributed by atoms with Gasteiger partial charge < -0.3 is 0 Å². The highest BCUT2D eigenvalue weighted by Crippen LogP contribution is 2.22. The fourth-order valence-electron chi connectivity index (χ4n) is 1.49. The predicted molar refractivity (Wildman–Crippen MR) is 82.9 cm³/mol. The molecule has 2 aromatic rings. The van der Waals surface area contributed by atoms with Crippen molar-refractivity contribution < 1.29 is 9.18 Å². The molecule has 0 aromatic heterocycles. The molecule has 2 aromatic carbocycles. The Labute approximate surface area is 135 Å². The second-order valence-corrected chi connectivity index (χ2v) is 5.18. The van der Waals surface area contributed by atoms with E-state index in [1.165, 1.54) is 36.4 Å². The molecule has 0 aliphatic rings. The molecule has 3 nitrogen and oxygen atoms in total. The summed E-state index contributed by atoms with van der Waals surface area (Å²) >= 11 is 17.4. The van der Waals surface area contributed by atoms with Crippen LogP contribution in [-0.2, 0) is 0 Å². The van der Waals surface area contributed by atoms with E-state index in [1.807, 2.05) is 0 Å². The van der Waals surface area contributed by atoms with Gasteiger partial charge in [0.05, 0.1) is 21.3 Å². The standard InChI is InChI=1S/C14H8Cl3FN2O/c15-10-2-1-3-13(18)9(10)7-19-20-14(21)8-4-5-11(16)12(17)6-8/h1-7H,(H,20,21)/b19-7+. The number of amides is 1. The smallest absolute Gasteiger partial charge is 0.267 e. The van der Waals surface area contributed by atoms with Crippen molar-refractivity contribution in [2.45, 2.75) is 0 Å². The lowest BCUT2D eigenvalue weighted by atomic mass is 10.2. The summed E-state index contributed by atoms with van der Waals surface area (Å²) in [7, 11) is 0. The Bertz CT molecular complexity index is 699. The van der Waals surface area contributed by atoms with E-state index in [1.54, 1.807) is 0 Å². The maximum Gasteiger partial charge on any atom is 0.271 e. The summed E-state index contributed by atoms with van der Waals surface area (Å²) in [6.45, 7) is 0. The number of nitrogens with one attached hydrogen (secondary N) is 1. The first-order valence-corrected chi connectivity index (χ1v) is 6.85. The molecular formula is C14H8Cl3FN2O. The predicted octanol–water partition coefficient (Wildman–Crippen LogP) is 4.55. The van der Waals surface area contributed by atoms with Crippen molar-refractivity contribution >= 4 is 46.9 Å². The number of hydrogen-bond donors (Lipinski definition) is 1. The van der Waals surface area contributed by atoms with E-state index in [2.05, 4.69) is 10.5 Å². The number of nitrogens with zero attached hydrogens (tertiary/aromatic N) is 1. The van der Waals surface area contributed by atoms with Gasteiger partial charge in [-0.3, -0.25) is 4.79 Å². The molecule has 0 aliphatic heterocycles. The highest BCUT2D eigenvalue weighted by molar-refractivity contribution is 6.42. The molecule has 0 saturated heterocycles. The van der Waals surface area contributed by atoms with Gasteiger partial charge in [0, 0.05) is 11.1 Å².